The Balaban J connectivity index is 1.01. The molecule has 7 rings (SSSR count). The molecule has 0 spiro atoms. The molecule has 0 bridgehead atoms. The van der Waals surface area contributed by atoms with E-state index in [2.05, 4.69) is 26.6 Å². The van der Waals surface area contributed by atoms with Crippen molar-refractivity contribution in [3.8, 4) is 5.88 Å². The van der Waals surface area contributed by atoms with Crippen LogP contribution in [0.5, 0.6) is 5.88 Å². The maximum absolute atomic E-state index is 12.2. The van der Waals surface area contributed by atoms with Gasteiger partial charge in [0, 0.05) is 41.6 Å². The van der Waals surface area contributed by atoms with E-state index in [4.69, 9.17) is 24.2 Å². The van der Waals surface area contributed by atoms with Crippen molar-refractivity contribution in [3.63, 3.8) is 0 Å². The number of piperidine rings is 1. The third-order valence-corrected chi connectivity index (χ3v) is 9.34. The van der Waals surface area contributed by atoms with Crippen molar-refractivity contribution in [2.45, 2.75) is 51.0 Å². The minimum Gasteiger partial charge on any atom is -0.472 e. The van der Waals surface area contributed by atoms with Gasteiger partial charge in [0.05, 0.1) is 47.6 Å². The zero-order chi connectivity index (χ0) is 28.5. The lowest BCUT2D eigenvalue weighted by atomic mass is 9.93. The van der Waals surface area contributed by atoms with E-state index < -0.39 is 0 Å². The SMILES string of the molecule is COC(=O)c1ccc2nc(CN3CCC(c4cccc(OCc5cc6ccncc6s5)n4)CC3)n(CC3CCO3)c2c1. The zero-order valence-electron chi connectivity index (χ0n) is 23.6. The average Bonchev–Trinajstić information content (AvgIpc) is 3.58. The fourth-order valence-electron chi connectivity index (χ4n) is 5.85. The van der Waals surface area contributed by atoms with Crippen molar-refractivity contribution in [2.24, 2.45) is 0 Å². The molecule has 0 N–H and O–H groups in total. The Labute approximate surface area is 248 Å². The number of esters is 1. The maximum atomic E-state index is 12.2. The molecule has 2 saturated heterocycles. The molecule has 0 amide bonds. The fraction of sp³-hybridized carbons (Fsp3) is 0.375. The van der Waals surface area contributed by atoms with Gasteiger partial charge in [-0.05, 0) is 74.1 Å². The van der Waals surface area contributed by atoms with Gasteiger partial charge >= 0.3 is 5.97 Å². The van der Waals surface area contributed by atoms with Crippen molar-refractivity contribution in [1.82, 2.24) is 24.4 Å². The number of likely N-dealkylation sites (tertiary alicyclic amines) is 1. The maximum Gasteiger partial charge on any atom is 0.337 e. The summed E-state index contributed by atoms with van der Waals surface area (Å²) in [6, 6.07) is 15.9. The lowest BCUT2D eigenvalue weighted by Gasteiger charge is -2.32. The van der Waals surface area contributed by atoms with E-state index in [1.54, 1.807) is 17.4 Å². The average molecular weight is 584 g/mol. The van der Waals surface area contributed by atoms with E-state index in [1.165, 1.54) is 17.2 Å². The third kappa shape index (κ3) is 5.62. The van der Waals surface area contributed by atoms with E-state index in [0.29, 0.717) is 24.0 Å². The first kappa shape index (κ1) is 27.0. The predicted octanol–water partition coefficient (Wildman–Crippen LogP) is 5.58. The Morgan fingerprint density at radius 1 is 1.10 bits per heavy atom. The van der Waals surface area contributed by atoms with Gasteiger partial charge in [-0.15, -0.1) is 11.3 Å². The molecule has 4 aromatic heterocycles. The highest BCUT2D eigenvalue weighted by Crippen LogP contribution is 2.31. The summed E-state index contributed by atoms with van der Waals surface area (Å²) in [7, 11) is 1.41. The van der Waals surface area contributed by atoms with Crippen LogP contribution in [0.1, 0.15) is 51.9 Å². The molecule has 1 unspecified atom stereocenters. The largest absolute Gasteiger partial charge is 0.472 e. The first-order valence-electron chi connectivity index (χ1n) is 14.5. The van der Waals surface area contributed by atoms with Gasteiger partial charge in [-0.1, -0.05) is 6.07 Å². The summed E-state index contributed by atoms with van der Waals surface area (Å²) in [5.41, 5.74) is 3.47. The van der Waals surface area contributed by atoms with Gasteiger partial charge in [0.15, 0.2) is 0 Å². The van der Waals surface area contributed by atoms with Crippen LogP contribution in [0.15, 0.2) is 60.9 Å². The quantitative estimate of drug-likeness (QED) is 0.208. The van der Waals surface area contributed by atoms with E-state index in [-0.39, 0.29) is 12.1 Å². The molecule has 2 aliphatic rings. The zero-order valence-corrected chi connectivity index (χ0v) is 24.4. The van der Waals surface area contributed by atoms with Crippen LogP contribution in [0, 0.1) is 0 Å². The summed E-state index contributed by atoms with van der Waals surface area (Å²) in [5.74, 6) is 1.73. The number of benzene rings is 1. The summed E-state index contributed by atoms with van der Waals surface area (Å²) >= 11 is 1.71. The second kappa shape index (κ2) is 11.8. The summed E-state index contributed by atoms with van der Waals surface area (Å²) in [4.78, 5) is 29.9. The van der Waals surface area contributed by atoms with Crippen molar-refractivity contribution in [2.75, 3.05) is 26.8 Å². The standard InChI is InChI=1S/C32H33N5O4S/c1-39-32(38)23-5-6-27-28(16-23)37(18-24-10-14-40-24)30(34-27)19-36-12-8-21(9-13-36)26-3-2-4-31(35-26)41-20-25-15-22-7-11-33-17-29(22)42-25/h2-7,11,15-17,21,24H,8-10,12-14,18-20H2,1H3. The number of fused-ring (bicyclic) bond motifs is 2. The number of methoxy groups -OCH3 is 1. The van der Waals surface area contributed by atoms with Crippen LogP contribution in [0.3, 0.4) is 0 Å². The van der Waals surface area contributed by atoms with Crippen LogP contribution < -0.4 is 4.74 Å². The first-order valence-corrected chi connectivity index (χ1v) is 15.3. The number of carbonyl (C=O) groups is 1. The Morgan fingerprint density at radius 3 is 2.76 bits per heavy atom. The van der Waals surface area contributed by atoms with Crippen molar-refractivity contribution >= 4 is 38.4 Å². The number of pyridine rings is 2. The molecule has 216 valence electrons. The number of imidazole rings is 1. The van der Waals surface area contributed by atoms with E-state index in [9.17, 15) is 4.79 Å². The highest BCUT2D eigenvalue weighted by atomic mass is 32.1. The molecule has 0 saturated carbocycles. The van der Waals surface area contributed by atoms with Gasteiger partial charge < -0.3 is 18.8 Å². The molecular weight excluding hydrogens is 550 g/mol. The number of aromatic nitrogens is 4. The van der Waals surface area contributed by atoms with Gasteiger partial charge in [-0.25, -0.2) is 14.8 Å². The topological polar surface area (TPSA) is 91.6 Å². The minimum absolute atomic E-state index is 0.185. The summed E-state index contributed by atoms with van der Waals surface area (Å²) in [6.45, 7) is 4.72. The van der Waals surface area contributed by atoms with Crippen LogP contribution in [-0.4, -0.2) is 63.3 Å². The fourth-order valence-corrected chi connectivity index (χ4v) is 6.80. The minimum atomic E-state index is -0.339. The monoisotopic (exact) mass is 583 g/mol. The summed E-state index contributed by atoms with van der Waals surface area (Å²) in [5, 5.41) is 1.19. The number of nitrogens with zero attached hydrogens (tertiary/aromatic N) is 5. The second-order valence-electron chi connectivity index (χ2n) is 11.0. The van der Waals surface area contributed by atoms with Crippen LogP contribution in [0.2, 0.25) is 0 Å². The van der Waals surface area contributed by atoms with Crippen molar-refractivity contribution in [3.05, 3.63) is 82.9 Å². The normalized spacial score (nSPS) is 17.9. The Morgan fingerprint density at radius 2 is 1.98 bits per heavy atom. The molecule has 0 radical (unpaired) electrons. The van der Waals surface area contributed by atoms with Gasteiger partial charge in [-0.2, -0.15) is 0 Å². The second-order valence-corrected chi connectivity index (χ2v) is 12.1. The molecule has 0 aliphatic carbocycles. The molecular formula is C32H33N5O4S. The highest BCUT2D eigenvalue weighted by Gasteiger charge is 2.26. The Hall–Kier alpha value is -3.86. The van der Waals surface area contributed by atoms with Gasteiger partial charge in [0.1, 0.15) is 12.4 Å². The molecule has 42 heavy (non-hydrogen) atoms. The number of rotatable bonds is 9. The predicted molar refractivity (Wildman–Crippen MR) is 161 cm³/mol. The summed E-state index contributed by atoms with van der Waals surface area (Å²) in [6.07, 6.45) is 6.99. The third-order valence-electron chi connectivity index (χ3n) is 8.28. The van der Waals surface area contributed by atoms with Gasteiger partial charge in [0.25, 0.3) is 0 Å². The lowest BCUT2D eigenvalue weighted by Crippen LogP contribution is -2.35. The van der Waals surface area contributed by atoms with Crippen LogP contribution in [0.4, 0.5) is 0 Å². The Kier molecular flexibility index (Phi) is 7.58. The molecule has 9 nitrogen and oxygen atoms in total. The van der Waals surface area contributed by atoms with Gasteiger partial charge in [-0.3, -0.25) is 9.88 Å². The van der Waals surface area contributed by atoms with E-state index >= 15 is 0 Å². The van der Waals surface area contributed by atoms with Crippen LogP contribution in [0.25, 0.3) is 21.1 Å². The molecule has 1 aromatic carbocycles. The Bertz CT molecular complexity index is 1690. The molecule has 1 atom stereocenters. The molecule has 10 heteroatoms. The van der Waals surface area contributed by atoms with Crippen LogP contribution >= 0.6 is 11.3 Å². The van der Waals surface area contributed by atoms with Crippen molar-refractivity contribution in [1.29, 1.82) is 0 Å². The highest BCUT2D eigenvalue weighted by molar-refractivity contribution is 7.19. The van der Waals surface area contributed by atoms with Crippen LogP contribution in [-0.2, 0) is 29.2 Å². The van der Waals surface area contributed by atoms with E-state index in [1.807, 2.05) is 42.7 Å². The number of ether oxygens (including phenoxy) is 3. The first-order chi connectivity index (χ1) is 20.6. The number of hydrogen-bond donors (Lipinski definition) is 0. The summed E-state index contributed by atoms with van der Waals surface area (Å²) < 4.78 is 20.2. The number of carbonyl (C=O) groups excluding carboxylic acids is 1. The molecule has 6 heterocycles. The number of thiophene rings is 1. The van der Waals surface area contributed by atoms with Crippen molar-refractivity contribution < 1.29 is 19.0 Å². The molecule has 5 aromatic rings. The van der Waals surface area contributed by atoms with Gasteiger partial charge in [0.2, 0.25) is 5.88 Å². The molecule has 2 aliphatic heterocycles. The lowest BCUT2D eigenvalue weighted by molar-refractivity contribution is -0.0592. The smallest absolute Gasteiger partial charge is 0.337 e. The number of hydrogen-bond acceptors (Lipinski definition) is 9. The molecule has 2 fully saturated rings. The van der Waals surface area contributed by atoms with E-state index in [0.717, 1.165) is 79.5 Å².